The average molecular weight is 175 g/mol. The molecule has 0 spiro atoms. The standard InChI is InChI=1S/C8H17NO.C2H6.H2/c1-4-7(2)10-8(3)5-6-9;1-2;/h4,8H,5-6,9H2,1-3H3;1-2H3;1H/b7-4-;;. The van der Waals surface area contributed by atoms with E-state index in [0.717, 1.165) is 12.2 Å². The summed E-state index contributed by atoms with van der Waals surface area (Å²) in [4.78, 5) is 0. The first-order chi connectivity index (χ1) is 5.70. The Morgan fingerprint density at radius 2 is 2.08 bits per heavy atom. The van der Waals surface area contributed by atoms with E-state index in [-0.39, 0.29) is 7.53 Å². The van der Waals surface area contributed by atoms with E-state index in [2.05, 4.69) is 0 Å². The number of hydrogen-bond donors (Lipinski definition) is 1. The lowest BCUT2D eigenvalue weighted by Crippen LogP contribution is -2.12. The maximum atomic E-state index is 5.42. The van der Waals surface area contributed by atoms with Gasteiger partial charge in [0.15, 0.2) is 0 Å². The van der Waals surface area contributed by atoms with Gasteiger partial charge in [-0.05, 0) is 39.8 Å². The highest BCUT2D eigenvalue weighted by atomic mass is 16.5. The van der Waals surface area contributed by atoms with Gasteiger partial charge in [-0.3, -0.25) is 0 Å². The second kappa shape index (κ2) is 10.5. The number of rotatable bonds is 4. The molecule has 0 radical (unpaired) electrons. The zero-order valence-corrected chi connectivity index (χ0v) is 9.05. The molecule has 0 aromatic heterocycles. The van der Waals surface area contributed by atoms with Crippen LogP contribution in [0.25, 0.3) is 0 Å². The second-order valence-corrected chi connectivity index (χ2v) is 2.41. The molecule has 0 amide bonds. The van der Waals surface area contributed by atoms with Crippen molar-refractivity contribution in [3.8, 4) is 0 Å². The van der Waals surface area contributed by atoms with Gasteiger partial charge in [0.1, 0.15) is 0 Å². The number of ether oxygens (including phenoxy) is 1. The summed E-state index contributed by atoms with van der Waals surface area (Å²) in [5, 5.41) is 0. The summed E-state index contributed by atoms with van der Waals surface area (Å²) in [5.74, 6) is 0.973. The lowest BCUT2D eigenvalue weighted by atomic mass is 10.3. The van der Waals surface area contributed by atoms with Gasteiger partial charge in [0.25, 0.3) is 0 Å². The predicted molar refractivity (Wildman–Crippen MR) is 57.1 cm³/mol. The summed E-state index contributed by atoms with van der Waals surface area (Å²) in [6.07, 6.45) is 3.12. The van der Waals surface area contributed by atoms with Crippen molar-refractivity contribution in [2.24, 2.45) is 5.73 Å². The van der Waals surface area contributed by atoms with E-state index in [0.29, 0.717) is 6.54 Å². The zero-order chi connectivity index (χ0) is 9.98. The molecule has 0 aliphatic heterocycles. The first kappa shape index (κ1) is 14.0. The van der Waals surface area contributed by atoms with Gasteiger partial charge in [-0.2, -0.15) is 0 Å². The lowest BCUT2D eigenvalue weighted by Gasteiger charge is -2.13. The molecule has 0 aromatic carbocycles. The van der Waals surface area contributed by atoms with E-state index in [9.17, 15) is 0 Å². The van der Waals surface area contributed by atoms with Crippen molar-refractivity contribution in [2.45, 2.75) is 47.1 Å². The molecule has 1 atom stereocenters. The number of hydrogen-bond acceptors (Lipinski definition) is 2. The van der Waals surface area contributed by atoms with Gasteiger partial charge < -0.3 is 10.5 Å². The van der Waals surface area contributed by atoms with E-state index in [1.165, 1.54) is 0 Å². The maximum absolute atomic E-state index is 5.42. The van der Waals surface area contributed by atoms with Crippen LogP contribution in [0.2, 0.25) is 0 Å². The van der Waals surface area contributed by atoms with Crippen molar-refractivity contribution >= 4 is 0 Å². The Morgan fingerprint density at radius 1 is 1.58 bits per heavy atom. The smallest absolute Gasteiger partial charge is 0.0966 e. The van der Waals surface area contributed by atoms with Crippen LogP contribution < -0.4 is 5.73 Å². The van der Waals surface area contributed by atoms with Gasteiger partial charge in [0, 0.05) is 1.43 Å². The van der Waals surface area contributed by atoms with Crippen LogP contribution >= 0.6 is 0 Å². The Kier molecular flexibility index (Phi) is 12.3. The molecule has 0 aliphatic rings. The van der Waals surface area contributed by atoms with Crippen LogP contribution in [0.15, 0.2) is 11.8 Å². The Hall–Kier alpha value is -0.500. The second-order valence-electron chi connectivity index (χ2n) is 2.41. The lowest BCUT2D eigenvalue weighted by molar-refractivity contribution is 0.127. The fourth-order valence-electron chi connectivity index (χ4n) is 0.679. The third-order valence-corrected chi connectivity index (χ3v) is 1.37. The van der Waals surface area contributed by atoms with Gasteiger partial charge in [0.2, 0.25) is 0 Å². The summed E-state index contributed by atoms with van der Waals surface area (Å²) in [6, 6.07) is 0. The molecular formula is C10H25NO. The molecule has 2 N–H and O–H groups in total. The zero-order valence-electron chi connectivity index (χ0n) is 9.05. The fourth-order valence-corrected chi connectivity index (χ4v) is 0.679. The van der Waals surface area contributed by atoms with E-state index in [1.54, 1.807) is 0 Å². The monoisotopic (exact) mass is 175 g/mol. The Bertz CT molecular complexity index is 115. The molecule has 2 heteroatoms. The minimum atomic E-state index is 0. The SMILES string of the molecule is C/C=C(/C)OC(C)CCN.CC.[HH]. The molecule has 0 aliphatic carbocycles. The van der Waals surface area contributed by atoms with Crippen LogP contribution in [0.3, 0.4) is 0 Å². The molecule has 0 rings (SSSR count). The molecule has 0 saturated heterocycles. The van der Waals surface area contributed by atoms with Crippen LogP contribution in [-0.2, 0) is 4.74 Å². The summed E-state index contributed by atoms with van der Waals surface area (Å²) in [6.45, 7) is 10.6. The normalized spacial score (nSPS) is 13.0. The predicted octanol–water partition coefficient (Wildman–Crippen LogP) is 2.94. The van der Waals surface area contributed by atoms with E-state index in [1.807, 2.05) is 40.7 Å². The third kappa shape index (κ3) is 9.50. The highest BCUT2D eigenvalue weighted by Crippen LogP contribution is 2.03. The molecule has 76 valence electrons. The van der Waals surface area contributed by atoms with Gasteiger partial charge >= 0.3 is 0 Å². The summed E-state index contributed by atoms with van der Waals surface area (Å²) >= 11 is 0. The van der Waals surface area contributed by atoms with Crippen LogP contribution in [0.4, 0.5) is 0 Å². The van der Waals surface area contributed by atoms with Crippen LogP contribution in [0, 0.1) is 0 Å². The van der Waals surface area contributed by atoms with Crippen molar-refractivity contribution < 1.29 is 6.16 Å². The summed E-state index contributed by atoms with van der Waals surface area (Å²) < 4.78 is 5.42. The first-order valence-electron chi connectivity index (χ1n) is 4.70. The minimum absolute atomic E-state index is 0. The van der Waals surface area contributed by atoms with Crippen LogP contribution in [0.5, 0.6) is 0 Å². The maximum Gasteiger partial charge on any atom is 0.0966 e. The van der Waals surface area contributed by atoms with Crippen LogP contribution in [0.1, 0.15) is 42.5 Å². The largest absolute Gasteiger partial charge is 0.496 e. The highest BCUT2D eigenvalue weighted by Gasteiger charge is 1.99. The highest BCUT2D eigenvalue weighted by molar-refractivity contribution is 4.85. The Labute approximate surface area is 78.3 Å². The molecular weight excluding hydrogens is 150 g/mol. The summed E-state index contributed by atoms with van der Waals surface area (Å²) in [5.41, 5.74) is 5.35. The molecule has 2 nitrogen and oxygen atoms in total. The minimum Gasteiger partial charge on any atom is -0.496 e. The van der Waals surface area contributed by atoms with Gasteiger partial charge in [-0.1, -0.05) is 13.8 Å². The molecule has 0 bridgehead atoms. The average Bonchev–Trinajstić information content (AvgIpc) is 2.08. The fraction of sp³-hybridized carbons (Fsp3) is 0.800. The van der Waals surface area contributed by atoms with E-state index < -0.39 is 0 Å². The van der Waals surface area contributed by atoms with Gasteiger partial charge in [-0.15, -0.1) is 0 Å². The third-order valence-electron chi connectivity index (χ3n) is 1.37. The molecule has 0 fully saturated rings. The van der Waals surface area contributed by atoms with Gasteiger partial charge in [-0.25, -0.2) is 0 Å². The van der Waals surface area contributed by atoms with Crippen molar-refractivity contribution in [3.05, 3.63) is 11.8 Å². The van der Waals surface area contributed by atoms with Crippen molar-refractivity contribution in [1.29, 1.82) is 0 Å². The molecule has 1 unspecified atom stereocenters. The first-order valence-corrected chi connectivity index (χ1v) is 4.70. The molecule has 12 heavy (non-hydrogen) atoms. The number of nitrogens with two attached hydrogens (primary N) is 1. The van der Waals surface area contributed by atoms with Crippen molar-refractivity contribution in [2.75, 3.05) is 6.54 Å². The molecule has 0 aromatic rings. The number of allylic oxidation sites excluding steroid dienone is 2. The van der Waals surface area contributed by atoms with E-state index in [4.69, 9.17) is 10.5 Å². The van der Waals surface area contributed by atoms with E-state index >= 15 is 0 Å². The Balaban J connectivity index is -0.000000309. The quantitative estimate of drug-likeness (QED) is 0.667. The van der Waals surface area contributed by atoms with Crippen molar-refractivity contribution in [1.82, 2.24) is 0 Å². The van der Waals surface area contributed by atoms with Crippen molar-refractivity contribution in [3.63, 3.8) is 0 Å². The summed E-state index contributed by atoms with van der Waals surface area (Å²) in [7, 11) is 0. The molecule has 0 heterocycles. The molecule has 0 saturated carbocycles. The topological polar surface area (TPSA) is 35.2 Å². The van der Waals surface area contributed by atoms with Gasteiger partial charge in [0.05, 0.1) is 11.9 Å². The Morgan fingerprint density at radius 3 is 2.42 bits per heavy atom. The van der Waals surface area contributed by atoms with Crippen LogP contribution in [-0.4, -0.2) is 12.6 Å².